The molecule has 0 amide bonds. The molecule has 2 rings (SSSR count). The lowest BCUT2D eigenvalue weighted by atomic mass is 9.56. The van der Waals surface area contributed by atoms with Crippen LogP contribution < -0.4 is 0 Å². The van der Waals surface area contributed by atoms with Crippen molar-refractivity contribution in [2.75, 3.05) is 0 Å². The molecule has 0 heterocycles. The van der Waals surface area contributed by atoms with Crippen molar-refractivity contribution in [3.63, 3.8) is 0 Å². The van der Waals surface area contributed by atoms with E-state index in [4.69, 9.17) is 0 Å². The van der Waals surface area contributed by atoms with Gasteiger partial charge in [-0.1, -0.05) is 458 Å². The third-order valence-corrected chi connectivity index (χ3v) is 28.0. The van der Waals surface area contributed by atoms with Crippen molar-refractivity contribution in [2.45, 2.75) is 458 Å². The molecule has 2 saturated carbocycles. The highest BCUT2D eigenvalue weighted by molar-refractivity contribution is 4.92. The van der Waals surface area contributed by atoms with E-state index in [2.05, 4.69) is 381 Å². The largest absolute Gasteiger partial charge is 0.0651 e. The standard InChI is InChI=1S/C11H24.2C10H22.4C9H20.2C8H16.C8H18/c1-9(2,3)11(7,8)10(4,5)6;1-8(9(2,3)4)10(5,6)7;1-8(2)10(6,7)9(3,4)5;2*1-7-9(5,6)8(2,3)4;1-7(2)8(3)9(4,5)6;1-7(2)9(5,6)8(3)4;1-7-5-3-4-6-8(7)2;1-2-8-6-4-3-5-7-8;1-7(2,3)8(4,5)6/h1-8H3;2*8H,1-7H3;2*7H2,1-6H3;2*7-8H,1-6H3;7-8H,3-6H2,1-2H3;8H,2-7H2,1H3;1-6H3/t;;;;;8-;;7-,8?;;/m.....1.1../s1. The Hall–Kier alpha value is 0. The maximum Gasteiger partial charge on any atom is -0.0257 e. The molecule has 0 aromatic heterocycles. The van der Waals surface area contributed by atoms with Crippen LogP contribution in [0.2, 0.25) is 0 Å². The van der Waals surface area contributed by atoms with Gasteiger partial charge in [0.15, 0.2) is 0 Å². The summed E-state index contributed by atoms with van der Waals surface area (Å²) in [5.74, 6) is 7.82. The van der Waals surface area contributed by atoms with Gasteiger partial charge in [-0.05, 0) is 134 Å². The van der Waals surface area contributed by atoms with Crippen LogP contribution >= 0.6 is 0 Å². The van der Waals surface area contributed by atoms with Gasteiger partial charge in [0.05, 0.1) is 0 Å². The zero-order chi connectivity index (χ0) is 76.2. The highest BCUT2D eigenvalue weighted by Gasteiger charge is 2.42. The number of hydrogen-bond donors (Lipinski definition) is 0. The Morgan fingerprint density at radius 2 is 0.538 bits per heavy atom. The summed E-state index contributed by atoms with van der Waals surface area (Å²) in [5.41, 5.74) is 6.58. The molecule has 562 valence electrons. The van der Waals surface area contributed by atoms with Gasteiger partial charge < -0.3 is 0 Å². The monoisotopic (exact) mass is 1290 g/mol. The molecule has 0 aromatic rings. The molecule has 2 aliphatic rings. The van der Waals surface area contributed by atoms with E-state index in [1.165, 1.54) is 77.0 Å². The maximum absolute atomic E-state index is 2.38. The van der Waals surface area contributed by atoms with Crippen LogP contribution in [-0.2, 0) is 0 Å². The van der Waals surface area contributed by atoms with Crippen molar-refractivity contribution < 1.29 is 0 Å². The van der Waals surface area contributed by atoms with Gasteiger partial charge in [0.2, 0.25) is 0 Å². The van der Waals surface area contributed by atoms with Crippen LogP contribution in [0.4, 0.5) is 0 Å². The van der Waals surface area contributed by atoms with E-state index in [-0.39, 0.29) is 0 Å². The van der Waals surface area contributed by atoms with Gasteiger partial charge in [-0.25, -0.2) is 0 Å². The predicted octanol–water partition coefficient (Wildman–Crippen LogP) is 34.0. The summed E-state index contributed by atoms with van der Waals surface area (Å²) in [4.78, 5) is 0. The van der Waals surface area contributed by atoms with Crippen molar-refractivity contribution in [3.8, 4) is 0 Å². The van der Waals surface area contributed by atoms with Crippen LogP contribution in [0.5, 0.6) is 0 Å². The van der Waals surface area contributed by atoms with Gasteiger partial charge in [0.25, 0.3) is 0 Å². The third-order valence-electron chi connectivity index (χ3n) is 28.0. The Bertz CT molecular complexity index is 1590. The average Bonchev–Trinajstić information content (AvgIpc) is 3.33. The minimum atomic E-state index is 0.375. The van der Waals surface area contributed by atoms with Crippen molar-refractivity contribution in [3.05, 3.63) is 0 Å². The van der Waals surface area contributed by atoms with Gasteiger partial charge in [0, 0.05) is 0 Å². The second kappa shape index (κ2) is 42.8. The SMILES string of the molecule is CC(C(C)(C)C)C(C)(C)C.CC(C)(C)C(C)(C)C.CC(C)(C)C(C)(C)C(C)(C)C.CC(C)C(C)(C)C(C)(C)C.CC(C)C(C)(C)C(C)C.CC(C)[C@@H](C)C(C)(C)C.CC1CCCC[C@H]1C.CCC(C)(C)C(C)(C)C.CCC(C)(C)C(C)(C)C.CCC1CCCCC1. The van der Waals surface area contributed by atoms with E-state index in [1.54, 1.807) is 0 Å². The highest BCUT2D eigenvalue weighted by atomic mass is 14.5. The summed E-state index contributed by atoms with van der Waals surface area (Å²) in [6.07, 6.45) is 17.4. The molecule has 0 spiro atoms. The predicted molar refractivity (Wildman–Crippen MR) is 435 cm³/mol. The fourth-order valence-corrected chi connectivity index (χ4v) is 9.11. The molecular weight excluding hydrogens is 1090 g/mol. The van der Waals surface area contributed by atoms with E-state index < -0.39 is 0 Å². The average molecular weight is 1290 g/mol. The fraction of sp³-hybridized carbons (Fsp3) is 1.00. The quantitative estimate of drug-likeness (QED) is 0.238. The van der Waals surface area contributed by atoms with E-state index in [0.717, 1.165) is 53.3 Å². The summed E-state index contributed by atoms with van der Waals surface area (Å²) in [7, 11) is 0. The summed E-state index contributed by atoms with van der Waals surface area (Å²) in [5, 5.41) is 0. The van der Waals surface area contributed by atoms with E-state index in [0.29, 0.717) is 81.2 Å². The fourth-order valence-electron chi connectivity index (χ4n) is 9.11. The molecule has 0 aromatic carbocycles. The van der Waals surface area contributed by atoms with Gasteiger partial charge in [0.1, 0.15) is 0 Å². The first-order chi connectivity index (χ1) is 39.2. The Morgan fingerprint density at radius 1 is 0.286 bits per heavy atom. The van der Waals surface area contributed by atoms with Crippen LogP contribution in [0.15, 0.2) is 0 Å². The summed E-state index contributed by atoms with van der Waals surface area (Å²) in [6, 6.07) is 0. The zero-order valence-corrected chi connectivity index (χ0v) is 76.2. The highest BCUT2D eigenvalue weighted by Crippen LogP contribution is 2.51. The molecule has 91 heavy (non-hydrogen) atoms. The third kappa shape index (κ3) is 47.6. The molecule has 3 atom stereocenters. The minimum Gasteiger partial charge on any atom is -0.0651 e. The first-order valence-electron chi connectivity index (χ1n) is 39.2. The second-order valence-corrected chi connectivity index (χ2v) is 44.9. The first-order valence-corrected chi connectivity index (χ1v) is 39.2. The van der Waals surface area contributed by atoms with Gasteiger partial charge in [-0.15, -0.1) is 0 Å². The van der Waals surface area contributed by atoms with Crippen LogP contribution in [0.3, 0.4) is 0 Å². The number of rotatable bonds is 7. The van der Waals surface area contributed by atoms with Crippen molar-refractivity contribution in [1.82, 2.24) is 0 Å². The minimum absolute atomic E-state index is 0.375. The van der Waals surface area contributed by atoms with E-state index in [1.807, 2.05) is 0 Å². The molecule has 0 nitrogen and oxygen atoms in total. The number of hydrogen-bond acceptors (Lipinski definition) is 0. The molecule has 2 aliphatic carbocycles. The molecule has 0 saturated heterocycles. The Labute approximate surface area is 589 Å². The lowest BCUT2D eigenvalue weighted by Gasteiger charge is -2.49. The molecular formula is C91H198. The van der Waals surface area contributed by atoms with E-state index >= 15 is 0 Å². The van der Waals surface area contributed by atoms with Crippen LogP contribution in [0.1, 0.15) is 458 Å². The van der Waals surface area contributed by atoms with Crippen molar-refractivity contribution >= 4 is 0 Å². The Morgan fingerprint density at radius 3 is 0.593 bits per heavy atom. The normalized spacial score (nSPS) is 17.5. The molecule has 0 bridgehead atoms. The molecule has 0 N–H and O–H groups in total. The lowest BCUT2D eigenvalue weighted by Crippen LogP contribution is -2.41. The lowest BCUT2D eigenvalue weighted by molar-refractivity contribution is 0.00575. The van der Waals surface area contributed by atoms with Gasteiger partial charge in [-0.3, -0.25) is 0 Å². The zero-order valence-electron chi connectivity index (χ0n) is 76.2. The summed E-state index contributed by atoms with van der Waals surface area (Å²) >= 11 is 0. The molecule has 2 fully saturated rings. The van der Waals surface area contributed by atoms with Crippen LogP contribution in [0.25, 0.3) is 0 Å². The summed E-state index contributed by atoms with van der Waals surface area (Å²) < 4.78 is 0. The second-order valence-electron chi connectivity index (χ2n) is 44.9. The molecule has 0 aliphatic heterocycles. The van der Waals surface area contributed by atoms with Crippen LogP contribution in [-0.4, -0.2) is 0 Å². The van der Waals surface area contributed by atoms with Crippen molar-refractivity contribution in [1.29, 1.82) is 0 Å². The van der Waals surface area contributed by atoms with Crippen LogP contribution in [0, 0.1) is 134 Å². The van der Waals surface area contributed by atoms with E-state index in [9.17, 15) is 0 Å². The van der Waals surface area contributed by atoms with Gasteiger partial charge >= 0.3 is 0 Å². The topological polar surface area (TPSA) is 0 Å². The molecule has 1 unspecified atom stereocenters. The molecule has 0 heteroatoms. The van der Waals surface area contributed by atoms with Gasteiger partial charge in [-0.2, -0.15) is 0 Å². The molecule has 0 radical (unpaired) electrons. The van der Waals surface area contributed by atoms with Crippen molar-refractivity contribution in [2.24, 2.45) is 134 Å². The first kappa shape index (κ1) is 107. The summed E-state index contributed by atoms with van der Waals surface area (Å²) in [6.45, 7) is 127. The Balaban J connectivity index is -0.000000140. The smallest absolute Gasteiger partial charge is 0.0257 e. The maximum atomic E-state index is 2.38. The Kier molecular flexibility index (Phi) is 50.4.